The van der Waals surface area contributed by atoms with E-state index in [1.54, 1.807) is 0 Å². The van der Waals surface area contributed by atoms with Gasteiger partial charge in [0.2, 0.25) is 0 Å². The number of benzene rings is 2. The van der Waals surface area contributed by atoms with Crippen molar-refractivity contribution >= 4 is 11.8 Å². The summed E-state index contributed by atoms with van der Waals surface area (Å²) < 4.78 is 4.79. The number of rotatable bonds is 5. The van der Waals surface area contributed by atoms with E-state index in [0.29, 0.717) is 6.42 Å². The minimum atomic E-state index is -0.262. The zero-order valence-electron chi connectivity index (χ0n) is 14.4. The first-order chi connectivity index (χ1) is 12.2. The van der Waals surface area contributed by atoms with E-state index in [2.05, 4.69) is 24.3 Å². The van der Waals surface area contributed by atoms with Crippen LogP contribution in [0.1, 0.15) is 36.3 Å². The van der Waals surface area contributed by atoms with Crippen LogP contribution in [0, 0.1) is 5.92 Å². The average Bonchev–Trinajstić information content (AvgIpc) is 3.00. The maximum absolute atomic E-state index is 12.4. The Bertz CT molecular complexity index is 723. The predicted molar refractivity (Wildman–Crippen MR) is 97.2 cm³/mol. The van der Waals surface area contributed by atoms with Gasteiger partial charge >= 0.3 is 5.97 Å². The van der Waals surface area contributed by atoms with Gasteiger partial charge in [0.25, 0.3) is 0 Å². The molecule has 3 heteroatoms. The summed E-state index contributed by atoms with van der Waals surface area (Å²) in [6, 6.07) is 20.3. The molecule has 0 radical (unpaired) electrons. The smallest absolute Gasteiger partial charge is 0.306 e. The fraction of sp³-hybridized carbons (Fsp3) is 0.273. The van der Waals surface area contributed by atoms with Crippen LogP contribution in [0.5, 0.6) is 0 Å². The Morgan fingerprint density at radius 3 is 2.16 bits per heavy atom. The molecule has 25 heavy (non-hydrogen) atoms. The van der Waals surface area contributed by atoms with Crippen LogP contribution < -0.4 is 0 Å². The molecule has 3 rings (SSSR count). The summed E-state index contributed by atoms with van der Waals surface area (Å²) in [6.45, 7) is 0. The first kappa shape index (κ1) is 17.2. The largest absolute Gasteiger partial charge is 0.469 e. The predicted octanol–water partition coefficient (Wildman–Crippen LogP) is 4.29. The summed E-state index contributed by atoms with van der Waals surface area (Å²) in [7, 11) is 1.39. The minimum absolute atomic E-state index is 0.000373. The Morgan fingerprint density at radius 1 is 1.08 bits per heavy atom. The van der Waals surface area contributed by atoms with Crippen LogP contribution in [0.3, 0.4) is 0 Å². The first-order valence-corrected chi connectivity index (χ1v) is 8.60. The molecule has 0 amide bonds. The number of hydrogen-bond donors (Lipinski definition) is 0. The Hall–Kier alpha value is -2.68. The van der Waals surface area contributed by atoms with Crippen molar-refractivity contribution in [2.75, 3.05) is 7.11 Å². The highest BCUT2D eigenvalue weighted by Crippen LogP contribution is 2.36. The van der Waals surface area contributed by atoms with Gasteiger partial charge in [0.15, 0.2) is 5.78 Å². The topological polar surface area (TPSA) is 43.4 Å². The van der Waals surface area contributed by atoms with Gasteiger partial charge in [-0.05, 0) is 29.0 Å². The van der Waals surface area contributed by atoms with Crippen molar-refractivity contribution in [2.45, 2.75) is 25.2 Å². The van der Waals surface area contributed by atoms with Gasteiger partial charge in [0, 0.05) is 12.3 Å². The van der Waals surface area contributed by atoms with Crippen molar-refractivity contribution in [1.82, 2.24) is 0 Å². The first-order valence-electron chi connectivity index (χ1n) is 8.60. The second-order valence-corrected chi connectivity index (χ2v) is 6.36. The van der Waals surface area contributed by atoms with Crippen molar-refractivity contribution in [3.63, 3.8) is 0 Å². The Balaban J connectivity index is 1.99. The SMILES string of the molecule is COC(=O)CC1CCC(=O)C1=CC(c1ccccc1)c1ccccc1. The molecule has 1 saturated carbocycles. The summed E-state index contributed by atoms with van der Waals surface area (Å²) in [5.74, 6) is -0.165. The molecule has 0 saturated heterocycles. The van der Waals surface area contributed by atoms with Crippen LogP contribution in [-0.2, 0) is 14.3 Å². The molecule has 128 valence electrons. The molecule has 0 aliphatic heterocycles. The van der Waals surface area contributed by atoms with E-state index in [4.69, 9.17) is 4.74 Å². The Labute approximate surface area is 148 Å². The number of ether oxygens (including phenoxy) is 1. The van der Waals surface area contributed by atoms with Crippen LogP contribution in [0.4, 0.5) is 0 Å². The maximum atomic E-state index is 12.4. The molecule has 1 atom stereocenters. The molecule has 1 unspecified atom stereocenters. The average molecular weight is 334 g/mol. The van der Waals surface area contributed by atoms with Crippen LogP contribution in [0.2, 0.25) is 0 Å². The van der Waals surface area contributed by atoms with Gasteiger partial charge < -0.3 is 4.74 Å². The second-order valence-electron chi connectivity index (χ2n) is 6.36. The van der Waals surface area contributed by atoms with E-state index in [-0.39, 0.29) is 30.0 Å². The summed E-state index contributed by atoms with van der Waals surface area (Å²) in [5.41, 5.74) is 3.04. The van der Waals surface area contributed by atoms with Crippen molar-refractivity contribution in [3.8, 4) is 0 Å². The third-order valence-electron chi connectivity index (χ3n) is 4.79. The quantitative estimate of drug-likeness (QED) is 0.605. The zero-order chi connectivity index (χ0) is 17.6. The van der Waals surface area contributed by atoms with Crippen LogP contribution in [0.15, 0.2) is 72.3 Å². The van der Waals surface area contributed by atoms with Gasteiger partial charge in [-0.2, -0.15) is 0 Å². The summed E-state index contributed by atoms with van der Waals surface area (Å²) in [4.78, 5) is 24.1. The summed E-state index contributed by atoms with van der Waals surface area (Å²) in [6.07, 6.45) is 3.54. The van der Waals surface area contributed by atoms with E-state index >= 15 is 0 Å². The molecule has 1 fully saturated rings. The number of carbonyl (C=O) groups excluding carboxylic acids is 2. The lowest BCUT2D eigenvalue weighted by Crippen LogP contribution is -2.11. The fourth-order valence-electron chi connectivity index (χ4n) is 3.44. The molecule has 1 aliphatic rings. The molecular formula is C22H22O3. The number of esters is 1. The van der Waals surface area contributed by atoms with Crippen molar-refractivity contribution in [1.29, 1.82) is 0 Å². The summed E-state index contributed by atoms with van der Waals surface area (Å²) >= 11 is 0. The lowest BCUT2D eigenvalue weighted by molar-refractivity contribution is -0.141. The van der Waals surface area contributed by atoms with E-state index in [9.17, 15) is 9.59 Å². The molecule has 2 aromatic rings. The molecule has 3 nitrogen and oxygen atoms in total. The number of ketones is 1. The molecule has 0 aromatic heterocycles. The molecule has 0 N–H and O–H groups in total. The van der Waals surface area contributed by atoms with Gasteiger partial charge in [-0.1, -0.05) is 66.7 Å². The number of Topliss-reactive ketones (excluding diaryl/α,β-unsaturated/α-hetero) is 1. The van der Waals surface area contributed by atoms with Crippen LogP contribution in [0.25, 0.3) is 0 Å². The highest BCUT2D eigenvalue weighted by atomic mass is 16.5. The second kappa shape index (κ2) is 7.93. The Morgan fingerprint density at radius 2 is 1.64 bits per heavy atom. The molecule has 0 heterocycles. The van der Waals surface area contributed by atoms with Gasteiger partial charge in [-0.25, -0.2) is 0 Å². The number of allylic oxidation sites excluding steroid dienone is 2. The minimum Gasteiger partial charge on any atom is -0.469 e. The molecule has 0 spiro atoms. The maximum Gasteiger partial charge on any atom is 0.306 e. The third kappa shape index (κ3) is 4.05. The van der Waals surface area contributed by atoms with E-state index in [1.165, 1.54) is 7.11 Å². The number of hydrogen-bond acceptors (Lipinski definition) is 3. The van der Waals surface area contributed by atoms with Crippen molar-refractivity contribution < 1.29 is 14.3 Å². The number of methoxy groups -OCH3 is 1. The lowest BCUT2D eigenvalue weighted by atomic mass is 9.86. The van der Waals surface area contributed by atoms with Crippen molar-refractivity contribution in [2.24, 2.45) is 5.92 Å². The number of carbonyl (C=O) groups is 2. The van der Waals surface area contributed by atoms with Crippen LogP contribution in [-0.4, -0.2) is 18.9 Å². The summed E-state index contributed by atoms with van der Waals surface area (Å²) in [5, 5.41) is 0. The van der Waals surface area contributed by atoms with Crippen LogP contribution >= 0.6 is 0 Å². The van der Waals surface area contributed by atoms with Crippen molar-refractivity contribution in [3.05, 3.63) is 83.4 Å². The molecule has 0 bridgehead atoms. The van der Waals surface area contributed by atoms with Gasteiger partial charge in [-0.3, -0.25) is 9.59 Å². The lowest BCUT2D eigenvalue weighted by Gasteiger charge is -2.17. The fourth-order valence-corrected chi connectivity index (χ4v) is 3.44. The molecule has 1 aliphatic carbocycles. The highest BCUT2D eigenvalue weighted by molar-refractivity contribution is 5.99. The zero-order valence-corrected chi connectivity index (χ0v) is 14.4. The van der Waals surface area contributed by atoms with Gasteiger partial charge in [-0.15, -0.1) is 0 Å². The monoisotopic (exact) mass is 334 g/mol. The molecular weight excluding hydrogens is 312 g/mol. The Kier molecular flexibility index (Phi) is 5.44. The normalized spacial score (nSPS) is 18.7. The molecule has 2 aromatic carbocycles. The standard InChI is InChI=1S/C22H22O3/c1-25-22(24)14-18-12-13-21(23)20(18)15-19(16-8-4-2-5-9-16)17-10-6-3-7-11-17/h2-11,15,18-19H,12-14H2,1H3. The highest BCUT2D eigenvalue weighted by Gasteiger charge is 2.31. The van der Waals surface area contributed by atoms with Gasteiger partial charge in [0.05, 0.1) is 13.5 Å². The van der Waals surface area contributed by atoms with E-state index in [0.717, 1.165) is 23.1 Å². The van der Waals surface area contributed by atoms with E-state index in [1.807, 2.05) is 42.5 Å². The van der Waals surface area contributed by atoms with Gasteiger partial charge in [0.1, 0.15) is 0 Å². The third-order valence-corrected chi connectivity index (χ3v) is 4.79. The van der Waals surface area contributed by atoms with E-state index < -0.39 is 0 Å².